The molecular formula is C17H24ClFN2. The molecule has 0 radical (unpaired) electrons. The fraction of sp³-hybridized carbons (Fsp3) is 0.588. The van der Waals surface area contributed by atoms with Crippen LogP contribution in [0.4, 0.5) is 4.39 Å². The molecule has 0 N–H and O–H groups in total. The Morgan fingerprint density at radius 1 is 1.43 bits per heavy atom. The van der Waals surface area contributed by atoms with Crippen molar-refractivity contribution in [1.29, 1.82) is 0 Å². The van der Waals surface area contributed by atoms with Gasteiger partial charge in [-0.3, -0.25) is 9.88 Å². The van der Waals surface area contributed by atoms with E-state index in [0.29, 0.717) is 30.0 Å². The first kappa shape index (κ1) is 16.4. The lowest BCUT2D eigenvalue weighted by molar-refractivity contribution is 0.0125. The molecule has 0 saturated carbocycles. The van der Waals surface area contributed by atoms with Crippen molar-refractivity contribution >= 4 is 11.6 Å². The van der Waals surface area contributed by atoms with E-state index in [9.17, 15) is 0 Å². The van der Waals surface area contributed by atoms with Crippen molar-refractivity contribution in [1.82, 2.24) is 9.88 Å². The van der Waals surface area contributed by atoms with E-state index in [4.69, 9.17) is 11.6 Å². The molecular weight excluding hydrogens is 287 g/mol. The van der Waals surface area contributed by atoms with Crippen LogP contribution in [0, 0.1) is 0 Å². The minimum absolute atomic E-state index is 0.0758. The van der Waals surface area contributed by atoms with E-state index in [0.717, 1.165) is 18.7 Å². The smallest absolute Gasteiger partial charge is 0.156 e. The van der Waals surface area contributed by atoms with Gasteiger partial charge in [0, 0.05) is 24.8 Å². The minimum Gasteiger partial charge on any atom is -0.298 e. The molecule has 116 valence electrons. The van der Waals surface area contributed by atoms with Crippen LogP contribution in [-0.2, 0) is 12.1 Å². The molecule has 0 amide bonds. The van der Waals surface area contributed by atoms with E-state index in [1.54, 1.807) is 12.3 Å². The van der Waals surface area contributed by atoms with Crippen molar-refractivity contribution in [3.8, 4) is 0 Å². The van der Waals surface area contributed by atoms with E-state index in [2.05, 4.69) is 37.2 Å². The van der Waals surface area contributed by atoms with Gasteiger partial charge in [0.25, 0.3) is 0 Å². The van der Waals surface area contributed by atoms with Gasteiger partial charge in [-0.1, -0.05) is 17.7 Å². The van der Waals surface area contributed by atoms with Crippen LogP contribution in [0.5, 0.6) is 0 Å². The van der Waals surface area contributed by atoms with Gasteiger partial charge in [0.1, 0.15) is 0 Å². The van der Waals surface area contributed by atoms with Gasteiger partial charge in [-0.2, -0.15) is 0 Å². The van der Waals surface area contributed by atoms with Crippen molar-refractivity contribution < 1.29 is 4.39 Å². The third-order valence-electron chi connectivity index (χ3n) is 4.21. The maximum absolute atomic E-state index is 15.3. The summed E-state index contributed by atoms with van der Waals surface area (Å²) < 4.78 is 15.3. The standard InChI is InChI=1S/C17H24ClFN2/c1-5-6-13-11-14(18)15(20-12-13)17(19)7-9-21(10-8-17)16(2,3)4/h5,11-12H,1,6-10H2,2-4H3. The second-order valence-electron chi connectivity index (χ2n) is 6.79. The summed E-state index contributed by atoms with van der Waals surface area (Å²) in [5.74, 6) is 0. The van der Waals surface area contributed by atoms with Crippen LogP contribution < -0.4 is 0 Å². The van der Waals surface area contributed by atoms with Gasteiger partial charge in [0.2, 0.25) is 0 Å². The summed E-state index contributed by atoms with van der Waals surface area (Å²) in [5, 5.41) is 0.432. The quantitative estimate of drug-likeness (QED) is 0.763. The van der Waals surface area contributed by atoms with Crippen molar-refractivity contribution in [3.05, 3.63) is 41.2 Å². The number of hydrogen-bond acceptors (Lipinski definition) is 2. The van der Waals surface area contributed by atoms with E-state index in [1.807, 2.05) is 6.07 Å². The number of hydrogen-bond donors (Lipinski definition) is 0. The van der Waals surface area contributed by atoms with Crippen LogP contribution >= 0.6 is 11.6 Å². The van der Waals surface area contributed by atoms with E-state index < -0.39 is 5.67 Å². The van der Waals surface area contributed by atoms with E-state index in [1.165, 1.54) is 0 Å². The van der Waals surface area contributed by atoms with Gasteiger partial charge in [0.05, 0.1) is 10.7 Å². The van der Waals surface area contributed by atoms with E-state index >= 15 is 4.39 Å². The van der Waals surface area contributed by atoms with Gasteiger partial charge in [-0.25, -0.2) is 4.39 Å². The molecule has 1 fully saturated rings. The molecule has 4 heteroatoms. The molecule has 1 aromatic rings. The molecule has 0 aliphatic carbocycles. The lowest BCUT2D eigenvalue weighted by Crippen LogP contribution is -2.49. The number of allylic oxidation sites excluding steroid dienone is 1. The zero-order valence-corrected chi connectivity index (χ0v) is 13.9. The highest BCUT2D eigenvalue weighted by Gasteiger charge is 2.41. The lowest BCUT2D eigenvalue weighted by atomic mass is 9.87. The number of rotatable bonds is 3. The second-order valence-corrected chi connectivity index (χ2v) is 7.20. The Hall–Kier alpha value is -0.930. The molecule has 2 rings (SSSR count). The van der Waals surface area contributed by atoms with Crippen molar-refractivity contribution in [2.45, 2.75) is 51.2 Å². The number of likely N-dealkylation sites (tertiary alicyclic amines) is 1. The summed E-state index contributed by atoms with van der Waals surface area (Å²) in [6, 6.07) is 1.81. The highest BCUT2D eigenvalue weighted by molar-refractivity contribution is 6.31. The van der Waals surface area contributed by atoms with Crippen LogP contribution in [0.3, 0.4) is 0 Å². The molecule has 1 aliphatic heterocycles. The Morgan fingerprint density at radius 3 is 2.52 bits per heavy atom. The Bertz CT molecular complexity index is 514. The monoisotopic (exact) mass is 310 g/mol. The number of nitrogens with zero attached hydrogens (tertiary/aromatic N) is 2. The third kappa shape index (κ3) is 3.64. The van der Waals surface area contributed by atoms with Crippen LogP contribution in [0.25, 0.3) is 0 Å². The normalized spacial score (nSPS) is 19.5. The number of alkyl halides is 1. The largest absolute Gasteiger partial charge is 0.298 e. The summed E-state index contributed by atoms with van der Waals surface area (Å²) in [5.41, 5.74) is 0.0257. The number of pyridine rings is 1. The lowest BCUT2D eigenvalue weighted by Gasteiger charge is -2.43. The molecule has 1 aromatic heterocycles. The van der Waals surface area contributed by atoms with Gasteiger partial charge in [-0.15, -0.1) is 6.58 Å². The predicted octanol–water partition coefficient (Wildman–Crippen LogP) is 4.52. The Balaban J connectivity index is 2.17. The number of halogens is 2. The Labute approximate surface area is 132 Å². The summed E-state index contributed by atoms with van der Waals surface area (Å²) >= 11 is 6.26. The molecule has 1 aliphatic rings. The summed E-state index contributed by atoms with van der Waals surface area (Å²) in [6.45, 7) is 11.6. The molecule has 0 atom stereocenters. The molecule has 0 unspecified atom stereocenters. The van der Waals surface area contributed by atoms with Crippen molar-refractivity contribution in [2.24, 2.45) is 0 Å². The molecule has 0 spiro atoms. The number of aromatic nitrogens is 1. The summed E-state index contributed by atoms with van der Waals surface area (Å²) in [4.78, 5) is 6.62. The summed E-state index contributed by atoms with van der Waals surface area (Å²) in [6.07, 6.45) is 5.08. The Morgan fingerprint density at radius 2 is 2.05 bits per heavy atom. The fourth-order valence-corrected chi connectivity index (χ4v) is 3.21. The zero-order valence-electron chi connectivity index (χ0n) is 13.1. The zero-order chi connectivity index (χ0) is 15.7. The highest BCUT2D eigenvalue weighted by Crippen LogP contribution is 2.40. The topological polar surface area (TPSA) is 16.1 Å². The molecule has 2 nitrogen and oxygen atoms in total. The maximum atomic E-state index is 15.3. The number of piperidine rings is 1. The maximum Gasteiger partial charge on any atom is 0.156 e. The van der Waals surface area contributed by atoms with Crippen molar-refractivity contribution in [3.63, 3.8) is 0 Å². The Kier molecular flexibility index (Phi) is 4.74. The first-order chi connectivity index (χ1) is 9.76. The molecule has 0 bridgehead atoms. The van der Waals surface area contributed by atoms with Gasteiger partial charge < -0.3 is 0 Å². The van der Waals surface area contributed by atoms with Crippen molar-refractivity contribution in [2.75, 3.05) is 13.1 Å². The molecule has 2 heterocycles. The fourth-order valence-electron chi connectivity index (χ4n) is 2.85. The summed E-state index contributed by atoms with van der Waals surface area (Å²) in [7, 11) is 0. The first-order valence-electron chi connectivity index (χ1n) is 7.46. The SMILES string of the molecule is C=CCc1cnc(C2(F)CCN(C(C)(C)C)CC2)c(Cl)c1. The average molecular weight is 311 g/mol. The van der Waals surface area contributed by atoms with E-state index in [-0.39, 0.29) is 5.54 Å². The highest BCUT2D eigenvalue weighted by atomic mass is 35.5. The van der Waals surface area contributed by atoms with Crippen LogP contribution in [-0.4, -0.2) is 28.5 Å². The van der Waals surface area contributed by atoms with Gasteiger partial charge in [-0.05, 0) is 51.7 Å². The average Bonchev–Trinajstić information content (AvgIpc) is 2.38. The molecule has 1 saturated heterocycles. The second kappa shape index (κ2) is 6.05. The predicted molar refractivity (Wildman–Crippen MR) is 86.5 cm³/mol. The molecule has 0 aromatic carbocycles. The molecule has 21 heavy (non-hydrogen) atoms. The van der Waals surface area contributed by atoms with Crippen LogP contribution in [0.2, 0.25) is 5.02 Å². The third-order valence-corrected chi connectivity index (χ3v) is 4.50. The first-order valence-corrected chi connectivity index (χ1v) is 7.84. The minimum atomic E-state index is -1.41. The van der Waals surface area contributed by atoms with Gasteiger partial charge >= 0.3 is 0 Å². The van der Waals surface area contributed by atoms with Gasteiger partial charge in [0.15, 0.2) is 5.67 Å². The van der Waals surface area contributed by atoms with Crippen LogP contribution in [0.15, 0.2) is 24.9 Å². The van der Waals surface area contributed by atoms with Crippen LogP contribution in [0.1, 0.15) is 44.9 Å².